The van der Waals surface area contributed by atoms with Gasteiger partial charge in [0.2, 0.25) is 10.0 Å². The minimum absolute atomic E-state index is 0.00564. The smallest absolute Gasteiger partial charge is 0.232 e. The predicted molar refractivity (Wildman–Crippen MR) is 92.3 cm³/mol. The van der Waals surface area contributed by atoms with Crippen molar-refractivity contribution in [3.8, 4) is 17.3 Å². The number of rotatable bonds is 4. The first-order valence-corrected chi connectivity index (χ1v) is 9.67. The van der Waals surface area contributed by atoms with E-state index in [1.807, 2.05) is 6.07 Å². The fraction of sp³-hybridized carbons (Fsp3) is 0.312. The van der Waals surface area contributed by atoms with Crippen molar-refractivity contribution in [3.63, 3.8) is 0 Å². The lowest BCUT2D eigenvalue weighted by molar-refractivity contribution is 0.599. The summed E-state index contributed by atoms with van der Waals surface area (Å²) in [5.74, 6) is -1.05. The molecule has 1 N–H and O–H groups in total. The standard InChI is InChI=1S/C16H14ClFN4O2S/c1-2-25(23,24)22-14-7-11(9(8-19)6-12(14)18)16-15(17)10-4-3-5-13(10)20-21-16/h6-7,22H,2-5H2,1H3. The third-order valence-electron chi connectivity index (χ3n) is 4.06. The van der Waals surface area contributed by atoms with Gasteiger partial charge >= 0.3 is 0 Å². The van der Waals surface area contributed by atoms with E-state index in [0.717, 1.165) is 36.6 Å². The highest BCUT2D eigenvalue weighted by atomic mass is 35.5. The van der Waals surface area contributed by atoms with E-state index in [2.05, 4.69) is 14.9 Å². The number of nitrogens with zero attached hydrogens (tertiary/aromatic N) is 3. The maximum Gasteiger partial charge on any atom is 0.232 e. The normalized spacial score (nSPS) is 13.4. The summed E-state index contributed by atoms with van der Waals surface area (Å²) in [5, 5.41) is 17.9. The van der Waals surface area contributed by atoms with Crippen LogP contribution in [0.3, 0.4) is 0 Å². The molecule has 0 radical (unpaired) electrons. The van der Waals surface area contributed by atoms with Crippen molar-refractivity contribution in [2.75, 3.05) is 10.5 Å². The Morgan fingerprint density at radius 3 is 2.80 bits per heavy atom. The van der Waals surface area contributed by atoms with Crippen molar-refractivity contribution in [2.45, 2.75) is 26.2 Å². The van der Waals surface area contributed by atoms with Crippen molar-refractivity contribution in [3.05, 3.63) is 39.8 Å². The first-order valence-electron chi connectivity index (χ1n) is 7.64. The van der Waals surface area contributed by atoms with Crippen LogP contribution in [0.2, 0.25) is 5.02 Å². The zero-order valence-electron chi connectivity index (χ0n) is 13.3. The molecular weight excluding hydrogens is 367 g/mol. The molecule has 130 valence electrons. The number of fused-ring (bicyclic) bond motifs is 1. The van der Waals surface area contributed by atoms with Crippen LogP contribution in [0.4, 0.5) is 10.1 Å². The van der Waals surface area contributed by atoms with Gasteiger partial charge in [0.1, 0.15) is 11.5 Å². The van der Waals surface area contributed by atoms with Crippen molar-refractivity contribution < 1.29 is 12.8 Å². The van der Waals surface area contributed by atoms with Gasteiger partial charge in [0.15, 0.2) is 0 Å². The summed E-state index contributed by atoms with van der Waals surface area (Å²) >= 11 is 6.43. The number of hydrogen-bond donors (Lipinski definition) is 1. The maximum absolute atomic E-state index is 14.2. The van der Waals surface area contributed by atoms with Crippen LogP contribution in [0, 0.1) is 17.1 Å². The highest BCUT2D eigenvalue weighted by Gasteiger charge is 2.23. The van der Waals surface area contributed by atoms with E-state index in [4.69, 9.17) is 11.6 Å². The van der Waals surface area contributed by atoms with E-state index in [0.29, 0.717) is 5.02 Å². The summed E-state index contributed by atoms with van der Waals surface area (Å²) in [7, 11) is -3.68. The summed E-state index contributed by atoms with van der Waals surface area (Å²) in [6.45, 7) is 1.44. The molecule has 0 bridgehead atoms. The molecule has 2 aromatic rings. The second-order valence-electron chi connectivity index (χ2n) is 5.64. The number of benzene rings is 1. The molecule has 0 spiro atoms. The lowest BCUT2D eigenvalue weighted by atomic mass is 10.0. The Morgan fingerprint density at radius 1 is 1.36 bits per heavy atom. The van der Waals surface area contributed by atoms with E-state index in [9.17, 15) is 18.1 Å². The van der Waals surface area contributed by atoms with Gasteiger partial charge in [-0.05, 0) is 43.9 Å². The van der Waals surface area contributed by atoms with Crippen molar-refractivity contribution in [2.24, 2.45) is 0 Å². The Kier molecular flexibility index (Phi) is 4.62. The highest BCUT2D eigenvalue weighted by molar-refractivity contribution is 7.92. The number of aromatic nitrogens is 2. The second kappa shape index (κ2) is 6.58. The molecule has 0 saturated heterocycles. The van der Waals surface area contributed by atoms with E-state index in [1.165, 1.54) is 13.0 Å². The Hall–Kier alpha value is -2.24. The van der Waals surface area contributed by atoms with Crippen molar-refractivity contribution in [1.82, 2.24) is 10.2 Å². The number of hydrogen-bond acceptors (Lipinski definition) is 5. The molecule has 1 aromatic heterocycles. The van der Waals surface area contributed by atoms with E-state index in [1.54, 1.807) is 0 Å². The summed E-state index contributed by atoms with van der Waals surface area (Å²) in [6, 6.07) is 4.09. The Labute approximate surface area is 149 Å². The Bertz CT molecular complexity index is 1000. The minimum Gasteiger partial charge on any atom is -0.281 e. The molecule has 1 aromatic carbocycles. The molecule has 0 atom stereocenters. The van der Waals surface area contributed by atoms with Crippen LogP contribution in [0.15, 0.2) is 12.1 Å². The highest BCUT2D eigenvalue weighted by Crippen LogP contribution is 2.37. The van der Waals surface area contributed by atoms with Crippen LogP contribution in [0.25, 0.3) is 11.3 Å². The molecule has 0 aliphatic heterocycles. The van der Waals surface area contributed by atoms with E-state index in [-0.39, 0.29) is 28.3 Å². The Morgan fingerprint density at radius 2 is 2.12 bits per heavy atom. The summed E-state index contributed by atoms with van der Waals surface area (Å²) in [4.78, 5) is 0. The zero-order valence-corrected chi connectivity index (χ0v) is 14.9. The number of nitriles is 1. The van der Waals surface area contributed by atoms with Gasteiger partial charge in [0.05, 0.1) is 33.8 Å². The van der Waals surface area contributed by atoms with Gasteiger partial charge < -0.3 is 0 Å². The third-order valence-corrected chi connectivity index (χ3v) is 5.76. The van der Waals surface area contributed by atoms with Gasteiger partial charge in [0.25, 0.3) is 0 Å². The maximum atomic E-state index is 14.2. The Balaban J connectivity index is 2.18. The van der Waals surface area contributed by atoms with Crippen LogP contribution in [0.1, 0.15) is 30.2 Å². The molecule has 0 fully saturated rings. The van der Waals surface area contributed by atoms with E-state index >= 15 is 0 Å². The van der Waals surface area contributed by atoms with Crippen molar-refractivity contribution in [1.29, 1.82) is 5.26 Å². The molecule has 9 heteroatoms. The monoisotopic (exact) mass is 380 g/mol. The lowest BCUT2D eigenvalue weighted by Gasteiger charge is -2.12. The molecule has 0 amide bonds. The number of halogens is 2. The fourth-order valence-corrected chi connectivity index (χ4v) is 3.70. The molecule has 25 heavy (non-hydrogen) atoms. The molecule has 3 rings (SSSR count). The van der Waals surface area contributed by atoms with Gasteiger partial charge in [-0.15, -0.1) is 5.10 Å². The van der Waals surface area contributed by atoms with Crippen LogP contribution in [-0.4, -0.2) is 24.4 Å². The van der Waals surface area contributed by atoms with Crippen LogP contribution < -0.4 is 4.72 Å². The van der Waals surface area contributed by atoms with Crippen LogP contribution in [0.5, 0.6) is 0 Å². The number of aryl methyl sites for hydroxylation is 1. The first-order chi connectivity index (χ1) is 11.9. The third kappa shape index (κ3) is 3.30. The van der Waals surface area contributed by atoms with Gasteiger partial charge in [-0.2, -0.15) is 10.4 Å². The molecular formula is C16H14ClFN4O2S. The predicted octanol–water partition coefficient (Wildman–Crippen LogP) is 3.06. The topological polar surface area (TPSA) is 95.7 Å². The average molecular weight is 381 g/mol. The number of sulfonamides is 1. The van der Waals surface area contributed by atoms with Gasteiger partial charge in [-0.3, -0.25) is 4.72 Å². The SMILES string of the molecule is CCS(=O)(=O)Nc1cc(-c2nnc3c(c2Cl)CCC3)c(C#N)cc1F. The first kappa shape index (κ1) is 17.6. The average Bonchev–Trinajstić information content (AvgIpc) is 3.06. The molecule has 1 heterocycles. The van der Waals surface area contributed by atoms with Gasteiger partial charge in [-0.25, -0.2) is 12.8 Å². The van der Waals surface area contributed by atoms with E-state index < -0.39 is 15.8 Å². The molecule has 0 unspecified atom stereocenters. The summed E-state index contributed by atoms with van der Waals surface area (Å²) in [5.41, 5.74) is 1.93. The molecule has 0 saturated carbocycles. The summed E-state index contributed by atoms with van der Waals surface area (Å²) in [6.07, 6.45) is 2.47. The van der Waals surface area contributed by atoms with Gasteiger partial charge in [0, 0.05) is 5.56 Å². The molecule has 1 aliphatic carbocycles. The van der Waals surface area contributed by atoms with Crippen LogP contribution >= 0.6 is 11.6 Å². The summed E-state index contributed by atoms with van der Waals surface area (Å²) < 4.78 is 39.8. The lowest BCUT2D eigenvalue weighted by Crippen LogP contribution is -2.16. The van der Waals surface area contributed by atoms with Crippen LogP contribution in [-0.2, 0) is 22.9 Å². The molecule has 6 nitrogen and oxygen atoms in total. The second-order valence-corrected chi connectivity index (χ2v) is 8.03. The number of anilines is 1. The quantitative estimate of drug-likeness (QED) is 0.879. The number of nitrogens with one attached hydrogen (secondary N) is 1. The van der Waals surface area contributed by atoms with Crippen molar-refractivity contribution >= 4 is 27.3 Å². The minimum atomic E-state index is -3.68. The largest absolute Gasteiger partial charge is 0.281 e. The van der Waals surface area contributed by atoms with Gasteiger partial charge in [-0.1, -0.05) is 11.6 Å². The molecule has 1 aliphatic rings. The zero-order chi connectivity index (χ0) is 18.2. The fourth-order valence-electron chi connectivity index (χ4n) is 2.72.